The maximum absolute atomic E-state index is 11.4. The molecule has 24 heavy (non-hydrogen) atoms. The highest BCUT2D eigenvalue weighted by atomic mass is 79.9. The molecule has 1 unspecified atom stereocenters. The fourth-order valence-corrected chi connectivity index (χ4v) is 2.77. The molecule has 0 heterocycles. The lowest BCUT2D eigenvalue weighted by Gasteiger charge is -2.32. The number of unbranched alkanes of at least 4 members (excludes halogenated alkanes) is 10. The molecule has 0 aliphatic rings. The van der Waals surface area contributed by atoms with Gasteiger partial charge in [0.1, 0.15) is 0 Å². The van der Waals surface area contributed by atoms with Gasteiger partial charge < -0.3 is 21.7 Å². The third-order valence-electron chi connectivity index (χ3n) is 4.34. The minimum absolute atomic E-state index is 0. The van der Waals surface area contributed by atoms with Gasteiger partial charge in [-0.25, -0.2) is 4.79 Å². The predicted molar refractivity (Wildman–Crippen MR) is 99.2 cm³/mol. The Labute approximate surface area is 161 Å². The number of halogens is 1. The van der Waals surface area contributed by atoms with Crippen molar-refractivity contribution in [3.8, 4) is 0 Å². The Kier molecular flexibility index (Phi) is 17.4. The van der Waals surface area contributed by atoms with E-state index in [2.05, 4.69) is 34.6 Å². The van der Waals surface area contributed by atoms with Crippen molar-refractivity contribution in [3.05, 3.63) is 12.7 Å². The zero-order valence-corrected chi connectivity index (χ0v) is 18.1. The van der Waals surface area contributed by atoms with Gasteiger partial charge in [0.15, 0.2) is 0 Å². The summed E-state index contributed by atoms with van der Waals surface area (Å²) in [6, 6.07) is 0. The molecular formula is C20H40BrNO2. The number of ether oxygens (including phenoxy) is 1. The highest BCUT2D eigenvalue weighted by Gasteiger charge is 2.26. The Balaban J connectivity index is 0. The molecule has 1 atom stereocenters. The van der Waals surface area contributed by atoms with Crippen molar-refractivity contribution in [1.82, 2.24) is 0 Å². The maximum atomic E-state index is 11.4. The van der Waals surface area contributed by atoms with Gasteiger partial charge in [-0.3, -0.25) is 4.48 Å². The van der Waals surface area contributed by atoms with Gasteiger partial charge in [-0.1, -0.05) is 77.7 Å². The minimum atomic E-state index is -0.314. The van der Waals surface area contributed by atoms with Gasteiger partial charge in [-0.2, -0.15) is 0 Å². The summed E-state index contributed by atoms with van der Waals surface area (Å²) in [5, 5.41) is 0. The van der Waals surface area contributed by atoms with E-state index in [-0.39, 0.29) is 29.2 Å². The highest BCUT2D eigenvalue weighted by Crippen LogP contribution is 2.16. The van der Waals surface area contributed by atoms with E-state index in [0.717, 1.165) is 12.8 Å². The normalized spacial score (nSPS) is 12.3. The van der Waals surface area contributed by atoms with Crippen LogP contribution in [0.25, 0.3) is 0 Å². The van der Waals surface area contributed by atoms with Crippen molar-refractivity contribution in [2.45, 2.75) is 90.2 Å². The standard InChI is InChI=1S/C20H40NO2.BrH/c1-6-8-9-10-11-12-13-14-15-16-17-18-19(21(3,4)5)23-20(22)7-2;/h7,19H,2,6,8-18H2,1,3-5H3;1H/q+1;/p-1. The lowest BCUT2D eigenvalue weighted by Crippen LogP contribution is -3.00. The van der Waals surface area contributed by atoms with E-state index in [1.807, 2.05) is 0 Å². The molecule has 3 nitrogen and oxygen atoms in total. The first-order valence-corrected chi connectivity index (χ1v) is 9.56. The molecule has 0 aromatic rings. The maximum Gasteiger partial charge on any atom is 0.334 e. The van der Waals surface area contributed by atoms with E-state index >= 15 is 0 Å². The van der Waals surface area contributed by atoms with Crippen LogP contribution in [0.1, 0.15) is 84.0 Å². The summed E-state index contributed by atoms with van der Waals surface area (Å²) >= 11 is 0. The van der Waals surface area contributed by atoms with Gasteiger partial charge in [0.2, 0.25) is 6.23 Å². The van der Waals surface area contributed by atoms with Crippen LogP contribution < -0.4 is 17.0 Å². The molecule has 0 saturated heterocycles. The number of hydrogen-bond donors (Lipinski definition) is 0. The Morgan fingerprint density at radius 1 is 0.917 bits per heavy atom. The van der Waals surface area contributed by atoms with E-state index in [4.69, 9.17) is 4.74 Å². The van der Waals surface area contributed by atoms with Crippen molar-refractivity contribution in [2.24, 2.45) is 0 Å². The number of rotatable bonds is 15. The molecule has 0 aliphatic heterocycles. The molecule has 144 valence electrons. The number of hydrogen-bond acceptors (Lipinski definition) is 2. The van der Waals surface area contributed by atoms with Crippen LogP contribution in [0, 0.1) is 0 Å². The second kappa shape index (κ2) is 16.1. The van der Waals surface area contributed by atoms with Gasteiger partial charge in [-0.15, -0.1) is 0 Å². The van der Waals surface area contributed by atoms with Crippen molar-refractivity contribution in [2.75, 3.05) is 21.1 Å². The van der Waals surface area contributed by atoms with Gasteiger partial charge in [0, 0.05) is 12.5 Å². The van der Waals surface area contributed by atoms with E-state index in [1.165, 1.54) is 70.3 Å². The van der Waals surface area contributed by atoms with Crippen molar-refractivity contribution >= 4 is 5.97 Å². The molecule has 0 aromatic heterocycles. The second-order valence-corrected chi connectivity index (χ2v) is 7.54. The molecule has 0 amide bonds. The lowest BCUT2D eigenvalue weighted by molar-refractivity contribution is -0.917. The van der Waals surface area contributed by atoms with Crippen LogP contribution in [0.5, 0.6) is 0 Å². The Morgan fingerprint density at radius 3 is 1.71 bits per heavy atom. The fourth-order valence-electron chi connectivity index (χ4n) is 2.77. The average molecular weight is 406 g/mol. The number of carbonyl (C=O) groups is 1. The van der Waals surface area contributed by atoms with Crippen LogP contribution in [0.15, 0.2) is 12.7 Å². The number of carbonyl (C=O) groups excluding carboxylic acids is 1. The smallest absolute Gasteiger partial charge is 0.334 e. The van der Waals surface area contributed by atoms with Crippen molar-refractivity contribution in [3.63, 3.8) is 0 Å². The Morgan fingerprint density at radius 2 is 1.33 bits per heavy atom. The minimum Gasteiger partial charge on any atom is -1.00 e. The first-order chi connectivity index (χ1) is 10.9. The van der Waals surface area contributed by atoms with E-state index in [1.54, 1.807) is 0 Å². The summed E-state index contributed by atoms with van der Waals surface area (Å²) in [6.45, 7) is 5.74. The molecule has 0 fully saturated rings. The predicted octanol–water partition coefficient (Wildman–Crippen LogP) is 2.45. The second-order valence-electron chi connectivity index (χ2n) is 7.54. The first kappa shape index (κ1) is 25.9. The van der Waals surface area contributed by atoms with Crippen LogP contribution in [-0.2, 0) is 9.53 Å². The summed E-state index contributed by atoms with van der Waals surface area (Å²) in [7, 11) is 6.21. The van der Waals surface area contributed by atoms with Crippen LogP contribution in [0.4, 0.5) is 0 Å². The molecule has 0 rings (SSSR count). The molecule has 0 radical (unpaired) electrons. The summed E-state index contributed by atoms with van der Waals surface area (Å²) in [5.74, 6) is -0.314. The summed E-state index contributed by atoms with van der Waals surface area (Å²) in [4.78, 5) is 11.4. The monoisotopic (exact) mass is 405 g/mol. The van der Waals surface area contributed by atoms with Crippen LogP contribution >= 0.6 is 0 Å². The van der Waals surface area contributed by atoms with E-state index < -0.39 is 0 Å². The number of quaternary nitrogens is 1. The molecule has 0 aromatic carbocycles. The van der Waals surface area contributed by atoms with Crippen LogP contribution in [0.2, 0.25) is 0 Å². The topological polar surface area (TPSA) is 26.3 Å². The van der Waals surface area contributed by atoms with Crippen molar-refractivity contribution in [1.29, 1.82) is 0 Å². The third kappa shape index (κ3) is 15.2. The zero-order valence-electron chi connectivity index (χ0n) is 16.5. The summed E-state index contributed by atoms with van der Waals surface area (Å²) < 4.78 is 6.12. The Hall–Kier alpha value is -0.350. The first-order valence-electron chi connectivity index (χ1n) is 9.56. The van der Waals surface area contributed by atoms with Gasteiger partial charge in [0.25, 0.3) is 0 Å². The third-order valence-corrected chi connectivity index (χ3v) is 4.34. The highest BCUT2D eigenvalue weighted by molar-refractivity contribution is 5.81. The molecule has 0 aliphatic carbocycles. The largest absolute Gasteiger partial charge is 1.00 e. The molecule has 0 N–H and O–H groups in total. The van der Waals surface area contributed by atoms with Gasteiger partial charge >= 0.3 is 5.97 Å². The summed E-state index contributed by atoms with van der Waals surface area (Å²) in [6.07, 6.45) is 16.8. The van der Waals surface area contributed by atoms with Gasteiger partial charge in [0.05, 0.1) is 21.1 Å². The fraction of sp³-hybridized carbons (Fsp3) is 0.850. The quantitative estimate of drug-likeness (QED) is 0.137. The van der Waals surface area contributed by atoms with E-state index in [0.29, 0.717) is 4.48 Å². The molecule has 0 saturated carbocycles. The Bertz CT molecular complexity index is 313. The van der Waals surface area contributed by atoms with Crippen LogP contribution in [0.3, 0.4) is 0 Å². The number of nitrogens with zero attached hydrogens (tertiary/aromatic N) is 1. The summed E-state index contributed by atoms with van der Waals surface area (Å²) in [5.41, 5.74) is 0. The number of esters is 1. The average Bonchev–Trinajstić information content (AvgIpc) is 2.50. The molecule has 0 spiro atoms. The SMILES string of the molecule is C=CC(=O)OC(CCCCCCCCCCCCC)[N+](C)(C)C.[Br-]. The lowest BCUT2D eigenvalue weighted by atomic mass is 10.0. The molecule has 4 heteroatoms. The van der Waals surface area contributed by atoms with Crippen LogP contribution in [-0.4, -0.2) is 37.8 Å². The molecular weight excluding hydrogens is 366 g/mol. The van der Waals surface area contributed by atoms with E-state index in [9.17, 15) is 4.79 Å². The zero-order chi connectivity index (χ0) is 17.6. The van der Waals surface area contributed by atoms with Crippen molar-refractivity contribution < 1.29 is 31.0 Å². The van der Waals surface area contributed by atoms with Gasteiger partial charge in [-0.05, 0) is 6.42 Å². The molecule has 0 bridgehead atoms.